The molecule has 1 N–H and O–H groups in total. The summed E-state index contributed by atoms with van der Waals surface area (Å²) in [6.07, 6.45) is 2.60. The van der Waals surface area contributed by atoms with E-state index in [4.69, 9.17) is 5.26 Å². The van der Waals surface area contributed by atoms with E-state index < -0.39 is 15.8 Å². The highest BCUT2D eigenvalue weighted by Crippen LogP contribution is 2.26. The summed E-state index contributed by atoms with van der Waals surface area (Å²) in [4.78, 5) is -0.0246. The van der Waals surface area contributed by atoms with E-state index >= 15 is 0 Å². The molecule has 0 saturated carbocycles. The van der Waals surface area contributed by atoms with Crippen LogP contribution in [0.15, 0.2) is 23.1 Å². The SMILES string of the molecule is CNCC1CCCCN1S(=O)(=O)c1ccc(F)c(C#N)c1. The van der Waals surface area contributed by atoms with Crippen LogP contribution < -0.4 is 5.32 Å². The molecule has 21 heavy (non-hydrogen) atoms. The molecule has 0 amide bonds. The third kappa shape index (κ3) is 3.23. The monoisotopic (exact) mass is 311 g/mol. The van der Waals surface area contributed by atoms with Gasteiger partial charge in [0.15, 0.2) is 0 Å². The predicted molar refractivity (Wildman–Crippen MR) is 76.6 cm³/mol. The molecule has 1 aromatic rings. The molecule has 0 spiro atoms. The Balaban J connectivity index is 2.38. The second-order valence-corrected chi connectivity index (χ2v) is 6.97. The molecule has 1 unspecified atom stereocenters. The van der Waals surface area contributed by atoms with Gasteiger partial charge in [-0.2, -0.15) is 9.57 Å². The Morgan fingerprint density at radius 1 is 1.48 bits per heavy atom. The van der Waals surface area contributed by atoms with Gasteiger partial charge in [-0.15, -0.1) is 0 Å². The molecule has 1 aliphatic heterocycles. The summed E-state index contributed by atoms with van der Waals surface area (Å²) in [7, 11) is -1.92. The number of halogens is 1. The van der Waals surface area contributed by atoms with Gasteiger partial charge in [-0.25, -0.2) is 12.8 Å². The van der Waals surface area contributed by atoms with Gasteiger partial charge < -0.3 is 5.32 Å². The van der Waals surface area contributed by atoms with Crippen LogP contribution in [0.5, 0.6) is 0 Å². The van der Waals surface area contributed by atoms with Gasteiger partial charge in [0.1, 0.15) is 11.9 Å². The first-order valence-electron chi connectivity index (χ1n) is 6.87. The molecule has 1 atom stereocenters. The van der Waals surface area contributed by atoms with Gasteiger partial charge in [-0.05, 0) is 38.1 Å². The highest BCUT2D eigenvalue weighted by molar-refractivity contribution is 7.89. The normalized spacial score (nSPS) is 20.1. The summed E-state index contributed by atoms with van der Waals surface area (Å²) in [6.45, 7) is 1.03. The lowest BCUT2D eigenvalue weighted by Gasteiger charge is -2.34. The van der Waals surface area contributed by atoms with Crippen LogP contribution in [0.4, 0.5) is 4.39 Å². The molecule has 0 aliphatic carbocycles. The van der Waals surface area contributed by atoms with E-state index in [1.807, 2.05) is 0 Å². The van der Waals surface area contributed by atoms with Gasteiger partial charge in [0.25, 0.3) is 0 Å². The van der Waals surface area contributed by atoms with E-state index in [2.05, 4.69) is 5.32 Å². The molecule has 1 fully saturated rings. The second kappa shape index (κ2) is 6.52. The number of hydrogen-bond donors (Lipinski definition) is 1. The van der Waals surface area contributed by atoms with Crippen LogP contribution in [0.2, 0.25) is 0 Å². The summed E-state index contributed by atoms with van der Waals surface area (Å²) in [5.41, 5.74) is -0.252. The Kier molecular flexibility index (Phi) is 4.93. The van der Waals surface area contributed by atoms with E-state index in [-0.39, 0.29) is 16.5 Å². The van der Waals surface area contributed by atoms with E-state index in [1.165, 1.54) is 10.4 Å². The Hall–Kier alpha value is -1.49. The number of nitrogens with one attached hydrogen (secondary N) is 1. The molecule has 1 aliphatic rings. The lowest BCUT2D eigenvalue weighted by atomic mass is 10.1. The minimum atomic E-state index is -3.71. The van der Waals surface area contributed by atoms with Crippen LogP contribution >= 0.6 is 0 Å². The second-order valence-electron chi connectivity index (χ2n) is 5.08. The number of rotatable bonds is 4. The van der Waals surface area contributed by atoms with E-state index in [9.17, 15) is 12.8 Å². The van der Waals surface area contributed by atoms with Gasteiger partial charge >= 0.3 is 0 Å². The van der Waals surface area contributed by atoms with Crippen LogP contribution in [0.25, 0.3) is 0 Å². The average Bonchev–Trinajstić information content (AvgIpc) is 2.48. The molecule has 0 aromatic heterocycles. The first-order chi connectivity index (χ1) is 10.0. The minimum absolute atomic E-state index is 0.0246. The Bertz CT molecular complexity index is 653. The molecule has 1 aromatic carbocycles. The van der Waals surface area contributed by atoms with Crippen molar-refractivity contribution in [2.75, 3.05) is 20.1 Å². The highest BCUT2D eigenvalue weighted by Gasteiger charge is 2.33. The van der Waals surface area contributed by atoms with E-state index in [1.54, 1.807) is 13.1 Å². The van der Waals surface area contributed by atoms with Crippen molar-refractivity contribution in [3.8, 4) is 6.07 Å². The maximum absolute atomic E-state index is 13.4. The van der Waals surface area contributed by atoms with Crippen LogP contribution in [0.3, 0.4) is 0 Å². The van der Waals surface area contributed by atoms with E-state index in [0.717, 1.165) is 31.4 Å². The average molecular weight is 311 g/mol. The van der Waals surface area contributed by atoms with Crippen molar-refractivity contribution in [3.63, 3.8) is 0 Å². The van der Waals surface area contributed by atoms with Crippen molar-refractivity contribution in [3.05, 3.63) is 29.6 Å². The number of likely N-dealkylation sites (N-methyl/N-ethyl adjacent to an activating group) is 1. The third-order valence-electron chi connectivity index (χ3n) is 3.68. The summed E-state index contributed by atoms with van der Waals surface area (Å²) in [5.74, 6) is -0.707. The fourth-order valence-corrected chi connectivity index (χ4v) is 4.34. The summed E-state index contributed by atoms with van der Waals surface area (Å²) < 4.78 is 40.3. The molecule has 0 radical (unpaired) electrons. The third-order valence-corrected chi connectivity index (χ3v) is 5.63. The molecule has 1 saturated heterocycles. The molecule has 5 nitrogen and oxygen atoms in total. The van der Waals surface area contributed by atoms with Crippen molar-refractivity contribution in [1.29, 1.82) is 5.26 Å². The zero-order valence-electron chi connectivity index (χ0n) is 11.8. The molecule has 2 rings (SSSR count). The number of piperidine rings is 1. The number of nitriles is 1. The summed E-state index contributed by atoms with van der Waals surface area (Å²) in [6, 6.07) is 4.93. The van der Waals surface area contributed by atoms with Gasteiger partial charge in [0.05, 0.1) is 10.5 Å². The highest BCUT2D eigenvalue weighted by atomic mass is 32.2. The zero-order valence-corrected chi connectivity index (χ0v) is 12.7. The predicted octanol–water partition coefficient (Wildman–Crippen LogP) is 1.46. The summed E-state index contributed by atoms with van der Waals surface area (Å²) >= 11 is 0. The van der Waals surface area contributed by atoms with Crippen LogP contribution in [0.1, 0.15) is 24.8 Å². The van der Waals surface area contributed by atoms with Gasteiger partial charge in [-0.3, -0.25) is 0 Å². The van der Waals surface area contributed by atoms with Crippen LogP contribution in [0, 0.1) is 17.1 Å². The maximum Gasteiger partial charge on any atom is 0.243 e. The van der Waals surface area contributed by atoms with E-state index in [0.29, 0.717) is 13.1 Å². The van der Waals surface area contributed by atoms with Crippen LogP contribution in [-0.2, 0) is 10.0 Å². The lowest BCUT2D eigenvalue weighted by molar-refractivity contribution is 0.249. The van der Waals surface area contributed by atoms with Crippen molar-refractivity contribution in [1.82, 2.24) is 9.62 Å². The lowest BCUT2D eigenvalue weighted by Crippen LogP contribution is -2.47. The first kappa shape index (κ1) is 15.9. The minimum Gasteiger partial charge on any atom is -0.318 e. The maximum atomic E-state index is 13.4. The Morgan fingerprint density at radius 2 is 2.24 bits per heavy atom. The van der Waals surface area contributed by atoms with Gasteiger partial charge in [-0.1, -0.05) is 6.42 Å². The fourth-order valence-electron chi connectivity index (χ4n) is 2.62. The topological polar surface area (TPSA) is 73.2 Å². The number of benzene rings is 1. The Labute approximate surface area is 124 Å². The van der Waals surface area contributed by atoms with Crippen molar-refractivity contribution in [2.45, 2.75) is 30.2 Å². The van der Waals surface area contributed by atoms with Crippen molar-refractivity contribution in [2.24, 2.45) is 0 Å². The van der Waals surface area contributed by atoms with Crippen molar-refractivity contribution < 1.29 is 12.8 Å². The number of hydrogen-bond acceptors (Lipinski definition) is 4. The molecule has 7 heteroatoms. The Morgan fingerprint density at radius 3 is 2.90 bits per heavy atom. The smallest absolute Gasteiger partial charge is 0.243 e. The van der Waals surface area contributed by atoms with Crippen molar-refractivity contribution >= 4 is 10.0 Å². The fraction of sp³-hybridized carbons (Fsp3) is 0.500. The number of nitrogens with zero attached hydrogens (tertiary/aromatic N) is 2. The summed E-state index contributed by atoms with van der Waals surface area (Å²) in [5, 5.41) is 11.9. The standard InChI is InChI=1S/C14H18FN3O2S/c1-17-10-12-4-2-3-7-18(12)21(19,20)13-5-6-14(15)11(8-13)9-16/h5-6,8,12,17H,2-4,7,10H2,1H3. The van der Waals surface area contributed by atoms with Gasteiger partial charge in [0, 0.05) is 19.1 Å². The largest absolute Gasteiger partial charge is 0.318 e. The molecular weight excluding hydrogens is 293 g/mol. The van der Waals surface area contributed by atoms with Crippen LogP contribution in [-0.4, -0.2) is 38.9 Å². The quantitative estimate of drug-likeness (QED) is 0.913. The zero-order chi connectivity index (χ0) is 15.5. The van der Waals surface area contributed by atoms with Gasteiger partial charge in [0.2, 0.25) is 10.0 Å². The molecular formula is C14H18FN3O2S. The number of sulfonamides is 1. The molecule has 0 bridgehead atoms. The molecule has 114 valence electrons. The molecule has 1 heterocycles. The first-order valence-corrected chi connectivity index (χ1v) is 8.31.